The van der Waals surface area contributed by atoms with Crippen LogP contribution in [0.3, 0.4) is 0 Å². The molecule has 0 amide bonds. The van der Waals surface area contributed by atoms with Gasteiger partial charge in [0, 0.05) is 17.6 Å². The summed E-state index contributed by atoms with van der Waals surface area (Å²) in [5.41, 5.74) is 1.42. The molecule has 3 rings (SSSR count). The molecule has 148 valence electrons. The molecule has 1 aliphatic carbocycles. The molecule has 29 heavy (non-hydrogen) atoms. The standard InChI is InChI=1S/C25H21F3O/c1-2-3-7-21-12-14-23(15-13-21)24(29-25(26,27)28)18-16-22(17-19-24)11-10-20-8-5-4-6-9-20/h2,4-6,8-9,12-18H,1,3,7,19H2. The van der Waals surface area contributed by atoms with Crippen LogP contribution in [0.25, 0.3) is 0 Å². The highest BCUT2D eigenvalue weighted by Crippen LogP contribution is 2.40. The summed E-state index contributed by atoms with van der Waals surface area (Å²) in [6.07, 6.45) is 3.45. The molecular weight excluding hydrogens is 373 g/mol. The summed E-state index contributed by atoms with van der Waals surface area (Å²) in [6.45, 7) is 3.69. The van der Waals surface area contributed by atoms with Crippen LogP contribution < -0.4 is 0 Å². The lowest BCUT2D eigenvalue weighted by molar-refractivity contribution is -0.361. The average Bonchev–Trinajstić information content (AvgIpc) is 2.72. The van der Waals surface area contributed by atoms with Crippen molar-refractivity contribution in [2.75, 3.05) is 0 Å². The van der Waals surface area contributed by atoms with Crippen LogP contribution in [0.15, 0.2) is 91.1 Å². The number of halogens is 3. The third-order valence-electron chi connectivity index (χ3n) is 4.66. The molecule has 0 radical (unpaired) electrons. The monoisotopic (exact) mass is 394 g/mol. The molecule has 2 aromatic carbocycles. The van der Waals surface area contributed by atoms with Crippen LogP contribution >= 0.6 is 0 Å². The number of allylic oxidation sites excluding steroid dienone is 3. The molecule has 1 atom stereocenters. The predicted molar refractivity (Wildman–Crippen MR) is 109 cm³/mol. The first-order valence-corrected chi connectivity index (χ1v) is 9.34. The Kier molecular flexibility index (Phi) is 6.41. The lowest BCUT2D eigenvalue weighted by atomic mass is 9.84. The van der Waals surface area contributed by atoms with Crippen LogP contribution in [-0.2, 0) is 16.8 Å². The first-order chi connectivity index (χ1) is 13.9. The van der Waals surface area contributed by atoms with E-state index < -0.39 is 12.0 Å². The first kappa shape index (κ1) is 20.7. The fourth-order valence-corrected chi connectivity index (χ4v) is 3.16. The Balaban J connectivity index is 1.84. The zero-order chi connectivity index (χ0) is 20.7. The second-order valence-corrected chi connectivity index (χ2v) is 6.77. The van der Waals surface area contributed by atoms with E-state index in [0.29, 0.717) is 11.1 Å². The summed E-state index contributed by atoms with van der Waals surface area (Å²) in [4.78, 5) is 0. The quantitative estimate of drug-likeness (QED) is 0.417. The Bertz CT molecular complexity index is 957. The fraction of sp³-hybridized carbons (Fsp3) is 0.200. The number of rotatable bonds is 5. The van der Waals surface area contributed by atoms with Gasteiger partial charge in [-0.05, 0) is 48.3 Å². The Morgan fingerprint density at radius 1 is 1.03 bits per heavy atom. The van der Waals surface area contributed by atoms with Gasteiger partial charge in [0.05, 0.1) is 0 Å². The summed E-state index contributed by atoms with van der Waals surface area (Å²) < 4.78 is 44.1. The normalized spacial score (nSPS) is 18.5. The summed E-state index contributed by atoms with van der Waals surface area (Å²) >= 11 is 0. The number of aryl methyl sites for hydroxylation is 1. The van der Waals surface area contributed by atoms with Gasteiger partial charge in [-0.25, -0.2) is 0 Å². The van der Waals surface area contributed by atoms with Gasteiger partial charge in [0.1, 0.15) is 5.60 Å². The van der Waals surface area contributed by atoms with E-state index in [2.05, 4.69) is 23.2 Å². The van der Waals surface area contributed by atoms with Gasteiger partial charge in [0.15, 0.2) is 0 Å². The molecule has 4 heteroatoms. The van der Waals surface area contributed by atoms with Crippen molar-refractivity contribution in [3.63, 3.8) is 0 Å². The zero-order valence-corrected chi connectivity index (χ0v) is 15.9. The van der Waals surface area contributed by atoms with Gasteiger partial charge >= 0.3 is 6.36 Å². The van der Waals surface area contributed by atoms with Crippen LogP contribution in [0.1, 0.15) is 29.5 Å². The van der Waals surface area contributed by atoms with E-state index >= 15 is 0 Å². The number of ether oxygens (including phenoxy) is 1. The molecule has 0 spiro atoms. The van der Waals surface area contributed by atoms with Crippen molar-refractivity contribution in [3.8, 4) is 11.8 Å². The molecule has 1 aliphatic rings. The van der Waals surface area contributed by atoms with Crippen molar-refractivity contribution in [1.82, 2.24) is 0 Å². The van der Waals surface area contributed by atoms with Crippen molar-refractivity contribution in [1.29, 1.82) is 0 Å². The number of hydrogen-bond acceptors (Lipinski definition) is 1. The summed E-state index contributed by atoms with van der Waals surface area (Å²) in [7, 11) is 0. The number of hydrogen-bond donors (Lipinski definition) is 0. The van der Waals surface area contributed by atoms with Gasteiger partial charge in [0.25, 0.3) is 0 Å². The van der Waals surface area contributed by atoms with Crippen LogP contribution in [0.4, 0.5) is 13.2 Å². The Morgan fingerprint density at radius 2 is 1.76 bits per heavy atom. The van der Waals surface area contributed by atoms with E-state index in [-0.39, 0.29) is 6.42 Å². The molecule has 0 saturated heterocycles. The lowest BCUT2D eigenvalue weighted by Gasteiger charge is -2.33. The minimum atomic E-state index is -4.76. The molecule has 1 nitrogen and oxygen atoms in total. The molecule has 0 aromatic heterocycles. The van der Waals surface area contributed by atoms with Crippen molar-refractivity contribution < 1.29 is 17.9 Å². The van der Waals surface area contributed by atoms with Crippen LogP contribution in [-0.4, -0.2) is 6.36 Å². The highest BCUT2D eigenvalue weighted by Gasteiger charge is 2.43. The number of alkyl halides is 3. The van der Waals surface area contributed by atoms with Gasteiger partial charge in [-0.15, -0.1) is 19.8 Å². The molecule has 0 aliphatic heterocycles. The van der Waals surface area contributed by atoms with Crippen molar-refractivity contribution in [2.45, 2.75) is 31.2 Å². The topological polar surface area (TPSA) is 9.23 Å². The first-order valence-electron chi connectivity index (χ1n) is 9.34. The summed E-state index contributed by atoms with van der Waals surface area (Å²) in [5, 5.41) is 0. The lowest BCUT2D eigenvalue weighted by Crippen LogP contribution is -2.35. The van der Waals surface area contributed by atoms with E-state index in [0.717, 1.165) is 24.0 Å². The van der Waals surface area contributed by atoms with Crippen molar-refractivity contribution in [2.24, 2.45) is 0 Å². The van der Waals surface area contributed by atoms with Crippen molar-refractivity contribution in [3.05, 3.63) is 108 Å². The summed E-state index contributed by atoms with van der Waals surface area (Å²) in [6, 6.07) is 16.5. The maximum Gasteiger partial charge on any atom is 0.523 e. The maximum absolute atomic E-state index is 13.2. The Labute approximate surface area is 169 Å². The SMILES string of the molecule is C=CCCc1ccc(C2(OC(F)(F)F)C=CC(C#Cc3ccccc3)=CC2)cc1. The van der Waals surface area contributed by atoms with Gasteiger partial charge in [-0.3, -0.25) is 4.74 Å². The highest BCUT2D eigenvalue weighted by atomic mass is 19.4. The number of benzene rings is 2. The fourth-order valence-electron chi connectivity index (χ4n) is 3.16. The molecule has 0 heterocycles. The second-order valence-electron chi connectivity index (χ2n) is 6.77. The van der Waals surface area contributed by atoms with E-state index in [4.69, 9.17) is 0 Å². The second kappa shape index (κ2) is 8.98. The van der Waals surface area contributed by atoms with Gasteiger partial charge in [-0.1, -0.05) is 66.5 Å². The largest absolute Gasteiger partial charge is 0.523 e. The highest BCUT2D eigenvalue weighted by molar-refractivity contribution is 5.48. The smallest absolute Gasteiger partial charge is 0.276 e. The molecular formula is C25H21F3O. The average molecular weight is 394 g/mol. The van der Waals surface area contributed by atoms with Gasteiger partial charge in [0.2, 0.25) is 0 Å². The molecule has 1 unspecified atom stereocenters. The van der Waals surface area contributed by atoms with Crippen LogP contribution in [0.2, 0.25) is 0 Å². The zero-order valence-electron chi connectivity index (χ0n) is 15.9. The van der Waals surface area contributed by atoms with E-state index in [9.17, 15) is 13.2 Å². The van der Waals surface area contributed by atoms with E-state index in [1.165, 1.54) is 6.08 Å². The third-order valence-corrected chi connectivity index (χ3v) is 4.66. The van der Waals surface area contributed by atoms with Crippen LogP contribution in [0, 0.1) is 11.8 Å². The molecule has 0 N–H and O–H groups in total. The minimum Gasteiger partial charge on any atom is -0.276 e. The Hall–Kier alpha value is -3.03. The van der Waals surface area contributed by atoms with Crippen molar-refractivity contribution >= 4 is 0 Å². The molecule has 0 bridgehead atoms. The minimum absolute atomic E-state index is 0.0494. The molecule has 2 aromatic rings. The van der Waals surface area contributed by atoms with Crippen LogP contribution in [0.5, 0.6) is 0 Å². The van der Waals surface area contributed by atoms with E-state index in [1.54, 1.807) is 24.3 Å². The molecule has 0 fully saturated rings. The third kappa shape index (κ3) is 5.73. The molecule has 0 saturated carbocycles. The van der Waals surface area contributed by atoms with Gasteiger partial charge < -0.3 is 0 Å². The van der Waals surface area contributed by atoms with Gasteiger partial charge in [-0.2, -0.15) is 0 Å². The summed E-state index contributed by atoms with van der Waals surface area (Å²) in [5.74, 6) is 6.02. The Morgan fingerprint density at radius 3 is 2.34 bits per heavy atom. The van der Waals surface area contributed by atoms with E-state index in [1.807, 2.05) is 48.5 Å². The maximum atomic E-state index is 13.2. The predicted octanol–water partition coefficient (Wildman–Crippen LogP) is 6.47.